The van der Waals surface area contributed by atoms with Crippen molar-refractivity contribution >= 4 is 12.1 Å². The van der Waals surface area contributed by atoms with Gasteiger partial charge in [0.1, 0.15) is 11.5 Å². The number of hydrogen-bond donors (Lipinski definition) is 3. The Bertz CT molecular complexity index is 592. The summed E-state index contributed by atoms with van der Waals surface area (Å²) >= 11 is 0. The quantitative estimate of drug-likeness (QED) is 0.569. The van der Waals surface area contributed by atoms with E-state index < -0.39 is 5.91 Å². The SMILES string of the molecule is O=C(NN=Cc1ccncc1)c1cc(O)cc(O)c1. The number of amides is 1. The molecule has 0 unspecified atom stereocenters. The van der Waals surface area contributed by atoms with Crippen LogP contribution in [0.2, 0.25) is 0 Å². The summed E-state index contributed by atoms with van der Waals surface area (Å²) in [5.74, 6) is -0.914. The summed E-state index contributed by atoms with van der Waals surface area (Å²) in [6.07, 6.45) is 4.68. The number of hydrazone groups is 1. The van der Waals surface area contributed by atoms with Gasteiger partial charge in [-0.25, -0.2) is 5.43 Å². The van der Waals surface area contributed by atoms with E-state index in [1.54, 1.807) is 24.5 Å². The second-order valence-corrected chi connectivity index (χ2v) is 3.72. The number of phenolic OH excluding ortho intramolecular Hbond substituents is 2. The molecule has 0 fully saturated rings. The van der Waals surface area contributed by atoms with Crippen LogP contribution in [0.3, 0.4) is 0 Å². The highest BCUT2D eigenvalue weighted by Gasteiger charge is 2.07. The van der Waals surface area contributed by atoms with Gasteiger partial charge in [-0.05, 0) is 29.8 Å². The van der Waals surface area contributed by atoms with E-state index in [1.165, 1.54) is 18.3 Å². The largest absolute Gasteiger partial charge is 0.508 e. The van der Waals surface area contributed by atoms with E-state index >= 15 is 0 Å². The summed E-state index contributed by atoms with van der Waals surface area (Å²) in [7, 11) is 0. The average Bonchev–Trinajstić information content (AvgIpc) is 2.38. The van der Waals surface area contributed by atoms with E-state index in [0.717, 1.165) is 11.6 Å². The van der Waals surface area contributed by atoms with Crippen molar-refractivity contribution in [1.29, 1.82) is 0 Å². The van der Waals surface area contributed by atoms with Gasteiger partial charge < -0.3 is 10.2 Å². The van der Waals surface area contributed by atoms with Crippen LogP contribution in [-0.4, -0.2) is 27.3 Å². The maximum Gasteiger partial charge on any atom is 0.271 e. The monoisotopic (exact) mass is 257 g/mol. The molecule has 0 atom stereocenters. The van der Waals surface area contributed by atoms with Crippen LogP contribution in [0.25, 0.3) is 0 Å². The molecule has 0 aliphatic carbocycles. The molecule has 6 nitrogen and oxygen atoms in total. The van der Waals surface area contributed by atoms with Gasteiger partial charge in [-0.2, -0.15) is 5.10 Å². The van der Waals surface area contributed by atoms with Gasteiger partial charge in [0.2, 0.25) is 0 Å². The number of aromatic nitrogens is 1. The zero-order chi connectivity index (χ0) is 13.7. The predicted octanol–water partition coefficient (Wildman–Crippen LogP) is 1.26. The Morgan fingerprint density at radius 2 is 1.79 bits per heavy atom. The van der Waals surface area contributed by atoms with Crippen molar-refractivity contribution in [3.8, 4) is 11.5 Å². The Morgan fingerprint density at radius 3 is 2.42 bits per heavy atom. The first-order valence-corrected chi connectivity index (χ1v) is 5.41. The summed E-state index contributed by atoms with van der Waals surface area (Å²) in [5.41, 5.74) is 3.19. The minimum atomic E-state index is -0.531. The number of aromatic hydroxyl groups is 2. The number of nitrogens with one attached hydrogen (secondary N) is 1. The molecule has 2 rings (SSSR count). The molecule has 3 N–H and O–H groups in total. The second-order valence-electron chi connectivity index (χ2n) is 3.72. The maximum absolute atomic E-state index is 11.7. The van der Waals surface area contributed by atoms with Crippen LogP contribution in [-0.2, 0) is 0 Å². The summed E-state index contributed by atoms with van der Waals surface area (Å²) in [6.45, 7) is 0. The lowest BCUT2D eigenvalue weighted by atomic mass is 10.2. The number of carbonyl (C=O) groups is 1. The van der Waals surface area contributed by atoms with E-state index in [0.29, 0.717) is 0 Å². The topological polar surface area (TPSA) is 94.8 Å². The first kappa shape index (κ1) is 12.6. The number of carbonyl (C=O) groups excluding carboxylic acids is 1. The molecule has 0 aliphatic rings. The third-order valence-electron chi connectivity index (χ3n) is 2.25. The molecule has 1 aromatic heterocycles. The van der Waals surface area contributed by atoms with Crippen molar-refractivity contribution in [3.63, 3.8) is 0 Å². The fourth-order valence-electron chi connectivity index (χ4n) is 1.41. The number of pyridine rings is 1. The van der Waals surface area contributed by atoms with E-state index in [9.17, 15) is 15.0 Å². The third kappa shape index (κ3) is 3.53. The minimum Gasteiger partial charge on any atom is -0.508 e. The van der Waals surface area contributed by atoms with Gasteiger partial charge in [0.15, 0.2) is 0 Å². The molecule has 96 valence electrons. The molecule has 19 heavy (non-hydrogen) atoms. The number of benzene rings is 1. The van der Waals surface area contributed by atoms with E-state index in [2.05, 4.69) is 15.5 Å². The van der Waals surface area contributed by atoms with Gasteiger partial charge >= 0.3 is 0 Å². The van der Waals surface area contributed by atoms with Crippen molar-refractivity contribution in [3.05, 3.63) is 53.9 Å². The minimum absolute atomic E-state index is 0.115. The third-order valence-corrected chi connectivity index (χ3v) is 2.25. The Kier molecular flexibility index (Phi) is 3.72. The number of phenols is 2. The molecule has 0 bridgehead atoms. The summed E-state index contributed by atoms with van der Waals surface area (Å²) in [4.78, 5) is 15.5. The van der Waals surface area contributed by atoms with Gasteiger partial charge in [0.05, 0.1) is 6.21 Å². The molecule has 1 heterocycles. The lowest BCUT2D eigenvalue weighted by Crippen LogP contribution is -2.17. The van der Waals surface area contributed by atoms with Crippen molar-refractivity contribution in [1.82, 2.24) is 10.4 Å². The molecule has 0 aliphatic heterocycles. The molecule has 1 aromatic carbocycles. The van der Waals surface area contributed by atoms with E-state index in [4.69, 9.17) is 0 Å². The summed E-state index contributed by atoms with van der Waals surface area (Å²) < 4.78 is 0. The molecule has 0 radical (unpaired) electrons. The van der Waals surface area contributed by atoms with Crippen LogP contribution in [0.1, 0.15) is 15.9 Å². The molecular formula is C13H11N3O3. The van der Waals surface area contributed by atoms with Crippen molar-refractivity contribution < 1.29 is 15.0 Å². The average molecular weight is 257 g/mol. The Morgan fingerprint density at radius 1 is 1.16 bits per heavy atom. The van der Waals surface area contributed by atoms with E-state index in [-0.39, 0.29) is 17.1 Å². The predicted molar refractivity (Wildman–Crippen MR) is 69.1 cm³/mol. The van der Waals surface area contributed by atoms with Crippen LogP contribution in [0, 0.1) is 0 Å². The van der Waals surface area contributed by atoms with Crippen LogP contribution in [0.15, 0.2) is 47.8 Å². The molecule has 0 saturated heterocycles. The molecule has 0 saturated carbocycles. The normalized spacial score (nSPS) is 10.5. The first-order valence-electron chi connectivity index (χ1n) is 5.41. The zero-order valence-electron chi connectivity index (χ0n) is 9.82. The summed E-state index contributed by atoms with van der Waals surface area (Å²) in [6, 6.07) is 7.07. The van der Waals surface area contributed by atoms with E-state index in [1.807, 2.05) is 0 Å². The van der Waals surface area contributed by atoms with Crippen molar-refractivity contribution in [2.75, 3.05) is 0 Å². The Balaban J connectivity index is 2.03. The van der Waals surface area contributed by atoms with Crippen LogP contribution in [0.4, 0.5) is 0 Å². The molecule has 0 spiro atoms. The molecule has 1 amide bonds. The highest BCUT2D eigenvalue weighted by atomic mass is 16.3. The van der Waals surface area contributed by atoms with Crippen LogP contribution < -0.4 is 5.43 Å². The number of rotatable bonds is 3. The molecular weight excluding hydrogens is 246 g/mol. The maximum atomic E-state index is 11.7. The van der Waals surface area contributed by atoms with Crippen LogP contribution in [0.5, 0.6) is 11.5 Å². The fourth-order valence-corrected chi connectivity index (χ4v) is 1.41. The Hall–Kier alpha value is -2.89. The summed E-state index contributed by atoms with van der Waals surface area (Å²) in [5, 5.41) is 22.3. The van der Waals surface area contributed by atoms with Crippen molar-refractivity contribution in [2.45, 2.75) is 0 Å². The van der Waals surface area contributed by atoms with Crippen molar-refractivity contribution in [2.24, 2.45) is 5.10 Å². The van der Waals surface area contributed by atoms with Gasteiger partial charge in [0.25, 0.3) is 5.91 Å². The number of nitrogens with zero attached hydrogens (tertiary/aromatic N) is 2. The molecule has 6 heteroatoms. The number of hydrogen-bond acceptors (Lipinski definition) is 5. The zero-order valence-corrected chi connectivity index (χ0v) is 9.82. The lowest BCUT2D eigenvalue weighted by Gasteiger charge is -2.01. The highest BCUT2D eigenvalue weighted by Crippen LogP contribution is 2.20. The first-order chi connectivity index (χ1) is 9.15. The second kappa shape index (κ2) is 5.63. The smallest absolute Gasteiger partial charge is 0.271 e. The lowest BCUT2D eigenvalue weighted by molar-refractivity contribution is 0.0954. The van der Waals surface area contributed by atoms with Gasteiger partial charge in [0, 0.05) is 24.0 Å². The standard InChI is InChI=1S/C13H11N3O3/c17-11-5-10(6-12(18)7-11)13(19)16-15-8-9-1-3-14-4-2-9/h1-8,17-18H,(H,16,19). The van der Waals surface area contributed by atoms with Gasteiger partial charge in [-0.1, -0.05) is 0 Å². The highest BCUT2D eigenvalue weighted by molar-refractivity contribution is 5.95. The fraction of sp³-hybridized carbons (Fsp3) is 0. The van der Waals surface area contributed by atoms with Gasteiger partial charge in [-0.3, -0.25) is 9.78 Å². The van der Waals surface area contributed by atoms with Crippen LogP contribution >= 0.6 is 0 Å². The van der Waals surface area contributed by atoms with Gasteiger partial charge in [-0.15, -0.1) is 0 Å². The Labute approximate surface area is 109 Å². The molecule has 2 aromatic rings.